The summed E-state index contributed by atoms with van der Waals surface area (Å²) < 4.78 is 38.3. The van der Waals surface area contributed by atoms with Gasteiger partial charge in [0.1, 0.15) is 5.69 Å². The molecule has 0 saturated heterocycles. The second-order valence-corrected chi connectivity index (χ2v) is 3.26. The Morgan fingerprint density at radius 2 is 1.88 bits per heavy atom. The SMILES string of the molecule is NC(=O)n1c(C(F)(F)F)cc2ccccc21. The summed E-state index contributed by atoms with van der Waals surface area (Å²) in [5.74, 6) is 0. The zero-order chi connectivity index (χ0) is 11.9. The van der Waals surface area contributed by atoms with E-state index >= 15 is 0 Å². The van der Waals surface area contributed by atoms with Crippen molar-refractivity contribution in [2.45, 2.75) is 6.18 Å². The molecule has 0 aliphatic carbocycles. The minimum Gasteiger partial charge on any atom is -0.351 e. The maximum absolute atomic E-state index is 12.6. The minimum absolute atomic E-state index is 0.155. The number of carbonyl (C=O) groups excluding carboxylic acids is 1. The summed E-state index contributed by atoms with van der Waals surface area (Å²) in [7, 11) is 0. The predicted octanol–water partition coefficient (Wildman–Crippen LogP) is 2.59. The van der Waals surface area contributed by atoms with Crippen molar-refractivity contribution in [3.8, 4) is 0 Å². The van der Waals surface area contributed by atoms with E-state index in [-0.39, 0.29) is 5.52 Å². The standard InChI is InChI=1S/C10H7F3N2O/c11-10(12,13)8-5-6-3-1-2-4-7(6)15(8)9(14)16/h1-5H,(H2,14,16). The highest BCUT2D eigenvalue weighted by molar-refractivity contribution is 5.92. The molecular formula is C10H7F3N2O. The van der Waals surface area contributed by atoms with Crippen molar-refractivity contribution >= 4 is 16.9 Å². The van der Waals surface area contributed by atoms with Gasteiger partial charge in [-0.3, -0.25) is 4.57 Å². The van der Waals surface area contributed by atoms with Crippen LogP contribution < -0.4 is 5.73 Å². The van der Waals surface area contributed by atoms with Crippen LogP contribution in [0, 0.1) is 0 Å². The number of benzene rings is 1. The van der Waals surface area contributed by atoms with Crippen molar-refractivity contribution in [2.24, 2.45) is 5.73 Å². The first-order chi connectivity index (χ1) is 7.41. The van der Waals surface area contributed by atoms with Crippen LogP contribution >= 0.6 is 0 Å². The average molecular weight is 228 g/mol. The Morgan fingerprint density at radius 1 is 1.25 bits per heavy atom. The maximum atomic E-state index is 12.6. The third kappa shape index (κ3) is 1.52. The fourth-order valence-electron chi connectivity index (χ4n) is 1.60. The Hall–Kier alpha value is -1.98. The minimum atomic E-state index is -4.60. The zero-order valence-electron chi connectivity index (χ0n) is 7.95. The van der Waals surface area contributed by atoms with Crippen molar-refractivity contribution in [3.05, 3.63) is 36.0 Å². The van der Waals surface area contributed by atoms with Crippen molar-refractivity contribution in [1.82, 2.24) is 4.57 Å². The van der Waals surface area contributed by atoms with Gasteiger partial charge < -0.3 is 5.73 Å². The molecule has 2 aromatic rings. The number of fused-ring (bicyclic) bond motifs is 1. The first-order valence-corrected chi connectivity index (χ1v) is 4.39. The zero-order valence-corrected chi connectivity index (χ0v) is 7.95. The molecule has 0 bridgehead atoms. The molecule has 0 radical (unpaired) electrons. The van der Waals surface area contributed by atoms with Crippen LogP contribution in [0.1, 0.15) is 5.69 Å². The van der Waals surface area contributed by atoms with E-state index in [4.69, 9.17) is 5.73 Å². The summed E-state index contributed by atoms with van der Waals surface area (Å²) in [4.78, 5) is 11.0. The van der Waals surface area contributed by atoms with E-state index in [1.807, 2.05) is 0 Å². The Kier molecular flexibility index (Phi) is 2.15. The van der Waals surface area contributed by atoms with Gasteiger partial charge in [0.2, 0.25) is 0 Å². The lowest BCUT2D eigenvalue weighted by atomic mass is 10.2. The highest BCUT2D eigenvalue weighted by Gasteiger charge is 2.36. The lowest BCUT2D eigenvalue weighted by Gasteiger charge is -2.08. The lowest BCUT2D eigenvalue weighted by Crippen LogP contribution is -2.25. The van der Waals surface area contributed by atoms with Gasteiger partial charge in [0, 0.05) is 5.39 Å². The summed E-state index contributed by atoms with van der Waals surface area (Å²) in [6.07, 6.45) is -4.60. The Labute approximate surface area is 88.3 Å². The number of primary amides is 1. The van der Waals surface area contributed by atoms with Crippen molar-refractivity contribution in [1.29, 1.82) is 0 Å². The van der Waals surface area contributed by atoms with Crippen LogP contribution in [0.5, 0.6) is 0 Å². The molecule has 0 aliphatic rings. The second kappa shape index (κ2) is 3.26. The third-order valence-corrected chi connectivity index (χ3v) is 2.22. The van der Waals surface area contributed by atoms with E-state index in [1.165, 1.54) is 12.1 Å². The topological polar surface area (TPSA) is 48.0 Å². The second-order valence-electron chi connectivity index (χ2n) is 3.26. The van der Waals surface area contributed by atoms with Crippen molar-refractivity contribution < 1.29 is 18.0 Å². The Morgan fingerprint density at radius 3 is 2.44 bits per heavy atom. The molecule has 2 N–H and O–H groups in total. The third-order valence-electron chi connectivity index (χ3n) is 2.22. The van der Waals surface area contributed by atoms with Crippen molar-refractivity contribution in [2.75, 3.05) is 0 Å². The number of nitrogens with zero attached hydrogens (tertiary/aromatic N) is 1. The number of hydrogen-bond acceptors (Lipinski definition) is 1. The van der Waals surface area contributed by atoms with Gasteiger partial charge >= 0.3 is 12.2 Å². The summed E-state index contributed by atoms with van der Waals surface area (Å²) in [6.45, 7) is 0. The highest BCUT2D eigenvalue weighted by atomic mass is 19.4. The predicted molar refractivity (Wildman–Crippen MR) is 51.9 cm³/mol. The van der Waals surface area contributed by atoms with E-state index in [9.17, 15) is 18.0 Å². The van der Waals surface area contributed by atoms with E-state index in [1.54, 1.807) is 12.1 Å². The first-order valence-electron chi connectivity index (χ1n) is 4.39. The van der Waals surface area contributed by atoms with Gasteiger partial charge in [0.25, 0.3) is 0 Å². The van der Waals surface area contributed by atoms with Crippen LogP contribution in [-0.2, 0) is 6.18 Å². The van der Waals surface area contributed by atoms with E-state index in [0.29, 0.717) is 9.95 Å². The first kappa shape index (κ1) is 10.5. The van der Waals surface area contributed by atoms with Gasteiger partial charge in [-0.05, 0) is 12.1 Å². The number of amides is 1. The van der Waals surface area contributed by atoms with Crippen LogP contribution in [0.25, 0.3) is 10.9 Å². The van der Waals surface area contributed by atoms with Gasteiger partial charge in [-0.15, -0.1) is 0 Å². The molecule has 1 amide bonds. The summed E-state index contributed by atoms with van der Waals surface area (Å²) in [6, 6.07) is 5.79. The molecule has 0 aliphatic heterocycles. The van der Waals surface area contributed by atoms with Crippen LogP contribution in [-0.4, -0.2) is 10.6 Å². The summed E-state index contributed by atoms with van der Waals surface area (Å²) in [5.41, 5.74) is 4.05. The van der Waals surface area contributed by atoms with Gasteiger partial charge in [-0.2, -0.15) is 13.2 Å². The van der Waals surface area contributed by atoms with Crippen LogP contribution in [0.4, 0.5) is 18.0 Å². The van der Waals surface area contributed by atoms with Gasteiger partial charge in [0.15, 0.2) is 0 Å². The van der Waals surface area contributed by atoms with Gasteiger partial charge in [0.05, 0.1) is 5.52 Å². The molecule has 0 saturated carbocycles. The van der Waals surface area contributed by atoms with E-state index in [0.717, 1.165) is 6.07 Å². The quantitative estimate of drug-likeness (QED) is 0.740. The lowest BCUT2D eigenvalue weighted by molar-refractivity contribution is -0.142. The number of nitrogens with two attached hydrogens (primary N) is 1. The molecular weight excluding hydrogens is 221 g/mol. The van der Waals surface area contributed by atoms with E-state index < -0.39 is 17.9 Å². The number of alkyl halides is 3. The molecule has 0 atom stereocenters. The fraction of sp³-hybridized carbons (Fsp3) is 0.100. The van der Waals surface area contributed by atoms with E-state index in [2.05, 4.69) is 0 Å². The molecule has 0 fully saturated rings. The molecule has 1 aromatic carbocycles. The van der Waals surface area contributed by atoms with Gasteiger partial charge in [-0.1, -0.05) is 18.2 Å². The molecule has 3 nitrogen and oxygen atoms in total. The number of aromatic nitrogens is 1. The number of para-hydroxylation sites is 1. The highest BCUT2D eigenvalue weighted by Crippen LogP contribution is 2.33. The van der Waals surface area contributed by atoms with Crippen LogP contribution in [0.15, 0.2) is 30.3 Å². The van der Waals surface area contributed by atoms with Gasteiger partial charge in [-0.25, -0.2) is 4.79 Å². The molecule has 84 valence electrons. The number of carbonyl (C=O) groups is 1. The molecule has 0 spiro atoms. The Balaban J connectivity index is 2.84. The smallest absolute Gasteiger partial charge is 0.351 e. The fourth-order valence-corrected chi connectivity index (χ4v) is 1.60. The van der Waals surface area contributed by atoms with Crippen LogP contribution in [0.2, 0.25) is 0 Å². The molecule has 1 aromatic heterocycles. The van der Waals surface area contributed by atoms with Crippen molar-refractivity contribution in [3.63, 3.8) is 0 Å². The monoisotopic (exact) mass is 228 g/mol. The number of rotatable bonds is 0. The number of hydrogen-bond donors (Lipinski definition) is 1. The molecule has 0 unspecified atom stereocenters. The largest absolute Gasteiger partial charge is 0.431 e. The maximum Gasteiger partial charge on any atom is 0.431 e. The Bertz CT molecular complexity index is 557. The molecule has 2 rings (SSSR count). The summed E-state index contributed by atoms with van der Waals surface area (Å²) in [5, 5.41) is 0.327. The molecule has 16 heavy (non-hydrogen) atoms. The number of halogens is 3. The average Bonchev–Trinajstić information content (AvgIpc) is 2.55. The van der Waals surface area contributed by atoms with Crippen LogP contribution in [0.3, 0.4) is 0 Å². The normalized spacial score (nSPS) is 11.9. The summed E-state index contributed by atoms with van der Waals surface area (Å²) >= 11 is 0. The molecule has 1 heterocycles. The molecule has 6 heteroatoms.